The lowest BCUT2D eigenvalue weighted by molar-refractivity contribution is -0.118. The molecule has 0 aliphatic carbocycles. The molecule has 35 heavy (non-hydrogen) atoms. The van der Waals surface area contributed by atoms with Crippen molar-refractivity contribution in [3.05, 3.63) is 95.1 Å². The third kappa shape index (κ3) is 6.07. The molecule has 0 saturated heterocycles. The molecule has 0 spiro atoms. The molecule has 178 valence electrons. The van der Waals surface area contributed by atoms with Gasteiger partial charge < -0.3 is 14.8 Å². The second kappa shape index (κ2) is 10.9. The summed E-state index contributed by atoms with van der Waals surface area (Å²) in [5, 5.41) is 7.87. The van der Waals surface area contributed by atoms with Gasteiger partial charge in [0.25, 0.3) is 5.91 Å². The molecule has 3 aromatic carbocycles. The van der Waals surface area contributed by atoms with Crippen molar-refractivity contribution >= 4 is 29.2 Å². The largest absolute Gasteiger partial charge is 0.484 e. The maximum atomic E-state index is 12.5. The summed E-state index contributed by atoms with van der Waals surface area (Å²) in [6.07, 6.45) is 0. The highest BCUT2D eigenvalue weighted by Gasteiger charge is 2.18. The van der Waals surface area contributed by atoms with Crippen LogP contribution in [0.15, 0.2) is 78.9 Å². The zero-order valence-corrected chi connectivity index (χ0v) is 20.1. The Morgan fingerprint density at radius 3 is 2.57 bits per heavy atom. The number of hydrogen-bond acceptors (Lipinski definition) is 5. The maximum Gasteiger partial charge on any atom is 0.358 e. The third-order valence-electron chi connectivity index (χ3n) is 5.05. The molecule has 1 amide bonds. The van der Waals surface area contributed by atoms with Crippen LogP contribution in [0.5, 0.6) is 5.75 Å². The van der Waals surface area contributed by atoms with E-state index < -0.39 is 5.97 Å². The van der Waals surface area contributed by atoms with E-state index in [0.29, 0.717) is 22.2 Å². The number of nitrogens with one attached hydrogen (secondary N) is 1. The molecule has 7 nitrogen and oxygen atoms in total. The average Bonchev–Trinajstić information content (AvgIpc) is 3.29. The van der Waals surface area contributed by atoms with Gasteiger partial charge in [-0.15, -0.1) is 0 Å². The van der Waals surface area contributed by atoms with Crippen molar-refractivity contribution in [3.8, 4) is 22.7 Å². The van der Waals surface area contributed by atoms with Crippen molar-refractivity contribution in [1.29, 1.82) is 0 Å². The van der Waals surface area contributed by atoms with Crippen molar-refractivity contribution in [2.45, 2.75) is 13.8 Å². The van der Waals surface area contributed by atoms with Gasteiger partial charge in [0.15, 0.2) is 12.3 Å². The Balaban J connectivity index is 1.59. The van der Waals surface area contributed by atoms with Crippen molar-refractivity contribution in [2.24, 2.45) is 0 Å². The number of carbonyl (C=O) groups excluding carboxylic acids is 2. The predicted molar refractivity (Wildman–Crippen MR) is 135 cm³/mol. The third-order valence-corrected chi connectivity index (χ3v) is 5.28. The van der Waals surface area contributed by atoms with Gasteiger partial charge in [0.1, 0.15) is 5.75 Å². The average molecular weight is 490 g/mol. The van der Waals surface area contributed by atoms with E-state index in [9.17, 15) is 9.59 Å². The minimum absolute atomic E-state index is 0.168. The predicted octanol–water partition coefficient (Wildman–Crippen LogP) is 5.70. The van der Waals surface area contributed by atoms with Crippen LogP contribution in [0.4, 0.5) is 5.69 Å². The van der Waals surface area contributed by atoms with Gasteiger partial charge in [0.2, 0.25) is 0 Å². The standard InChI is InChI=1S/C27H24ClN3O4/c1-3-34-27(33)24-16-25(31(30-24)22-11-4-7-18(2)13-22)19-8-5-10-21(14-19)29-26(32)17-35-23-12-6-9-20(28)15-23/h4-16H,3,17H2,1-2H3,(H,29,32). The van der Waals surface area contributed by atoms with E-state index in [-0.39, 0.29) is 24.8 Å². The van der Waals surface area contributed by atoms with E-state index in [1.165, 1.54) is 0 Å². The van der Waals surface area contributed by atoms with Gasteiger partial charge in [-0.3, -0.25) is 4.79 Å². The van der Waals surface area contributed by atoms with Crippen LogP contribution < -0.4 is 10.1 Å². The van der Waals surface area contributed by atoms with Crippen molar-refractivity contribution in [3.63, 3.8) is 0 Å². The van der Waals surface area contributed by atoms with Gasteiger partial charge in [-0.25, -0.2) is 9.48 Å². The quantitative estimate of drug-likeness (QED) is 0.321. The fourth-order valence-electron chi connectivity index (χ4n) is 3.51. The summed E-state index contributed by atoms with van der Waals surface area (Å²) in [7, 11) is 0. The molecule has 4 rings (SSSR count). The van der Waals surface area contributed by atoms with Crippen LogP contribution in [0, 0.1) is 6.92 Å². The van der Waals surface area contributed by atoms with Crippen LogP contribution in [0.2, 0.25) is 5.02 Å². The normalized spacial score (nSPS) is 10.6. The first-order chi connectivity index (χ1) is 16.9. The van der Waals surface area contributed by atoms with Crippen LogP contribution in [0.25, 0.3) is 16.9 Å². The highest BCUT2D eigenvalue weighted by molar-refractivity contribution is 6.30. The van der Waals surface area contributed by atoms with Crippen molar-refractivity contribution < 1.29 is 19.1 Å². The van der Waals surface area contributed by atoms with Crippen LogP contribution in [0.3, 0.4) is 0 Å². The zero-order chi connectivity index (χ0) is 24.8. The Hall–Kier alpha value is -4.10. The Morgan fingerprint density at radius 2 is 1.80 bits per heavy atom. The first-order valence-electron chi connectivity index (χ1n) is 11.1. The van der Waals surface area contributed by atoms with Crippen molar-refractivity contribution in [2.75, 3.05) is 18.5 Å². The van der Waals surface area contributed by atoms with Gasteiger partial charge in [-0.1, -0.05) is 41.9 Å². The highest BCUT2D eigenvalue weighted by atomic mass is 35.5. The van der Waals surface area contributed by atoms with Crippen LogP contribution in [0.1, 0.15) is 23.0 Å². The highest BCUT2D eigenvalue weighted by Crippen LogP contribution is 2.27. The Bertz CT molecular complexity index is 1370. The molecule has 4 aromatic rings. The summed E-state index contributed by atoms with van der Waals surface area (Å²) < 4.78 is 12.4. The Morgan fingerprint density at radius 1 is 1.00 bits per heavy atom. The number of carbonyl (C=O) groups is 2. The number of nitrogens with zero attached hydrogens (tertiary/aromatic N) is 2. The summed E-state index contributed by atoms with van der Waals surface area (Å²) in [5.74, 6) is -0.306. The minimum atomic E-state index is -0.497. The van der Waals surface area contributed by atoms with Crippen LogP contribution in [-0.2, 0) is 9.53 Å². The topological polar surface area (TPSA) is 82.5 Å². The molecule has 0 saturated carbocycles. The number of hydrogen-bond donors (Lipinski definition) is 1. The minimum Gasteiger partial charge on any atom is -0.484 e. The second-order valence-electron chi connectivity index (χ2n) is 7.76. The molecule has 0 unspecified atom stereocenters. The van der Waals surface area contributed by atoms with E-state index in [0.717, 1.165) is 16.8 Å². The summed E-state index contributed by atoms with van der Waals surface area (Å²) in [6.45, 7) is 3.82. The lowest BCUT2D eigenvalue weighted by Gasteiger charge is -2.11. The number of halogens is 1. The van der Waals surface area contributed by atoms with Gasteiger partial charge in [-0.2, -0.15) is 5.10 Å². The molecular weight excluding hydrogens is 466 g/mol. The lowest BCUT2D eigenvalue weighted by atomic mass is 10.1. The Kier molecular flexibility index (Phi) is 7.48. The number of rotatable bonds is 8. The molecule has 0 aliphatic rings. The molecule has 1 aromatic heterocycles. The molecule has 8 heteroatoms. The number of ether oxygens (including phenoxy) is 2. The van der Waals surface area contributed by atoms with Crippen LogP contribution in [-0.4, -0.2) is 34.9 Å². The number of amides is 1. The fourth-order valence-corrected chi connectivity index (χ4v) is 3.69. The smallest absolute Gasteiger partial charge is 0.358 e. The SMILES string of the molecule is CCOC(=O)c1cc(-c2cccc(NC(=O)COc3cccc(Cl)c3)c2)n(-c2cccc(C)c2)n1. The second-order valence-corrected chi connectivity index (χ2v) is 8.20. The molecule has 1 N–H and O–H groups in total. The first-order valence-corrected chi connectivity index (χ1v) is 11.4. The molecule has 1 heterocycles. The molecule has 0 aliphatic heterocycles. The maximum absolute atomic E-state index is 12.5. The number of aromatic nitrogens is 2. The van der Waals surface area contributed by atoms with E-state index in [1.54, 1.807) is 48.0 Å². The summed E-state index contributed by atoms with van der Waals surface area (Å²) in [5.41, 5.74) is 4.10. The van der Waals surface area contributed by atoms with Crippen molar-refractivity contribution in [1.82, 2.24) is 9.78 Å². The molecule has 0 fully saturated rings. The van der Waals surface area contributed by atoms with Gasteiger partial charge >= 0.3 is 5.97 Å². The zero-order valence-electron chi connectivity index (χ0n) is 19.3. The number of anilines is 1. The van der Waals surface area contributed by atoms with E-state index in [2.05, 4.69) is 10.4 Å². The van der Waals surface area contributed by atoms with E-state index in [4.69, 9.17) is 21.1 Å². The molecular formula is C27H24ClN3O4. The van der Waals surface area contributed by atoms with Gasteiger partial charge in [0, 0.05) is 16.3 Å². The first kappa shape index (κ1) is 24.0. The van der Waals surface area contributed by atoms with Gasteiger partial charge in [0.05, 0.1) is 18.0 Å². The lowest BCUT2D eigenvalue weighted by Crippen LogP contribution is -2.20. The number of benzene rings is 3. The number of aryl methyl sites for hydroxylation is 1. The monoisotopic (exact) mass is 489 g/mol. The molecule has 0 bridgehead atoms. The van der Waals surface area contributed by atoms with E-state index in [1.807, 2.05) is 49.4 Å². The van der Waals surface area contributed by atoms with E-state index >= 15 is 0 Å². The molecule has 0 atom stereocenters. The van der Waals surface area contributed by atoms with Crippen LogP contribution >= 0.6 is 11.6 Å². The van der Waals surface area contributed by atoms with Gasteiger partial charge in [-0.05, 0) is 67.9 Å². The summed E-state index contributed by atoms with van der Waals surface area (Å²) in [6, 6.07) is 23.6. The summed E-state index contributed by atoms with van der Waals surface area (Å²) >= 11 is 5.95. The fraction of sp³-hybridized carbons (Fsp3) is 0.148. The Labute approximate surface area is 208 Å². The summed E-state index contributed by atoms with van der Waals surface area (Å²) in [4.78, 5) is 24.8. The number of esters is 1. The molecule has 0 radical (unpaired) electrons.